The first-order chi connectivity index (χ1) is 8.96. The maximum atomic E-state index is 11.9. The molecule has 1 fully saturated rings. The van der Waals surface area contributed by atoms with E-state index in [1.165, 1.54) is 0 Å². The summed E-state index contributed by atoms with van der Waals surface area (Å²) in [5.41, 5.74) is 1.40. The van der Waals surface area contributed by atoms with Gasteiger partial charge in [-0.2, -0.15) is 0 Å². The van der Waals surface area contributed by atoms with Crippen molar-refractivity contribution in [2.75, 3.05) is 18.0 Å². The van der Waals surface area contributed by atoms with Crippen LogP contribution in [0.1, 0.15) is 38.9 Å². The van der Waals surface area contributed by atoms with Crippen LogP contribution < -0.4 is 10.2 Å². The van der Waals surface area contributed by atoms with Gasteiger partial charge in [-0.15, -0.1) is 0 Å². The number of benzene rings is 1. The van der Waals surface area contributed by atoms with Crippen LogP contribution in [-0.4, -0.2) is 29.6 Å². The number of hydrogen-bond donors (Lipinski definition) is 2. The van der Waals surface area contributed by atoms with E-state index in [2.05, 4.69) is 10.2 Å². The largest absolute Gasteiger partial charge is 0.388 e. The lowest BCUT2D eigenvalue weighted by Crippen LogP contribution is -2.62. The molecule has 4 heteroatoms. The third-order valence-electron chi connectivity index (χ3n) is 3.83. The highest BCUT2D eigenvalue weighted by molar-refractivity contribution is 5.90. The van der Waals surface area contributed by atoms with Crippen LogP contribution in [0.15, 0.2) is 24.3 Å². The van der Waals surface area contributed by atoms with E-state index in [4.69, 9.17) is 0 Å². The summed E-state index contributed by atoms with van der Waals surface area (Å²) >= 11 is 0. The van der Waals surface area contributed by atoms with E-state index in [1.807, 2.05) is 45.0 Å². The fourth-order valence-electron chi connectivity index (χ4n) is 2.46. The quantitative estimate of drug-likeness (QED) is 0.874. The van der Waals surface area contributed by atoms with Gasteiger partial charge in [0.05, 0.1) is 6.10 Å². The van der Waals surface area contributed by atoms with Crippen molar-refractivity contribution in [3.8, 4) is 0 Å². The number of piperazine rings is 1. The Morgan fingerprint density at radius 2 is 2.00 bits per heavy atom. The van der Waals surface area contributed by atoms with Crippen LogP contribution in [-0.2, 0) is 4.79 Å². The zero-order valence-corrected chi connectivity index (χ0v) is 11.8. The molecule has 0 unspecified atom stereocenters. The average Bonchev–Trinajstić information content (AvgIpc) is 2.41. The van der Waals surface area contributed by atoms with E-state index in [-0.39, 0.29) is 5.91 Å². The van der Waals surface area contributed by atoms with Crippen molar-refractivity contribution in [1.82, 2.24) is 5.32 Å². The van der Waals surface area contributed by atoms with Gasteiger partial charge in [-0.05, 0) is 38.0 Å². The summed E-state index contributed by atoms with van der Waals surface area (Å²) in [6, 6.07) is 7.83. The van der Waals surface area contributed by atoms with Crippen molar-refractivity contribution in [1.29, 1.82) is 0 Å². The molecule has 0 aromatic heterocycles. The van der Waals surface area contributed by atoms with Gasteiger partial charge < -0.3 is 15.3 Å². The number of nitrogens with one attached hydrogen (secondary N) is 1. The summed E-state index contributed by atoms with van der Waals surface area (Å²) in [4.78, 5) is 14.0. The minimum absolute atomic E-state index is 0.0522. The van der Waals surface area contributed by atoms with Gasteiger partial charge in [-0.1, -0.05) is 19.1 Å². The van der Waals surface area contributed by atoms with Crippen molar-refractivity contribution >= 4 is 11.6 Å². The molecule has 1 aromatic carbocycles. The highest BCUT2D eigenvalue weighted by atomic mass is 16.3. The first-order valence-corrected chi connectivity index (χ1v) is 6.80. The van der Waals surface area contributed by atoms with Gasteiger partial charge in [0.15, 0.2) is 0 Å². The Hall–Kier alpha value is -1.55. The minimum Gasteiger partial charge on any atom is -0.388 e. The Morgan fingerprint density at radius 3 is 2.58 bits per heavy atom. The van der Waals surface area contributed by atoms with E-state index in [0.717, 1.165) is 17.8 Å². The van der Waals surface area contributed by atoms with Gasteiger partial charge in [-0.25, -0.2) is 0 Å². The van der Waals surface area contributed by atoms with Crippen LogP contribution in [0, 0.1) is 0 Å². The maximum Gasteiger partial charge on any atom is 0.245 e. The molecule has 2 N–H and O–H groups in total. The first kappa shape index (κ1) is 13.9. The van der Waals surface area contributed by atoms with Crippen LogP contribution in [0.2, 0.25) is 0 Å². The number of aliphatic hydroxyl groups is 1. The highest BCUT2D eigenvalue weighted by Crippen LogP contribution is 2.27. The third-order valence-corrected chi connectivity index (χ3v) is 3.83. The predicted molar refractivity (Wildman–Crippen MR) is 76.1 cm³/mol. The molecule has 1 atom stereocenters. The number of carbonyl (C=O) groups is 1. The molecule has 0 radical (unpaired) electrons. The van der Waals surface area contributed by atoms with E-state index < -0.39 is 11.6 Å². The number of anilines is 1. The summed E-state index contributed by atoms with van der Waals surface area (Å²) in [5, 5.41) is 12.7. The summed E-state index contributed by atoms with van der Waals surface area (Å²) in [7, 11) is 0. The van der Waals surface area contributed by atoms with Gasteiger partial charge >= 0.3 is 0 Å². The standard InChI is InChI=1S/C15H22N2O2/c1-4-13(18)11-5-7-12(8-6-11)17-10-9-16-14(19)15(17,2)3/h5-8,13,18H,4,9-10H2,1-3H3,(H,16,19)/t13-/m0/s1. The lowest BCUT2D eigenvalue weighted by atomic mass is 9.97. The molecule has 1 aliphatic rings. The van der Waals surface area contributed by atoms with Gasteiger partial charge in [-0.3, -0.25) is 4.79 Å². The topological polar surface area (TPSA) is 52.6 Å². The SMILES string of the molecule is CC[C@H](O)c1ccc(N2CCNC(=O)C2(C)C)cc1. The number of rotatable bonds is 3. The Morgan fingerprint density at radius 1 is 1.37 bits per heavy atom. The molecule has 19 heavy (non-hydrogen) atoms. The molecule has 1 saturated heterocycles. The van der Waals surface area contributed by atoms with Crippen LogP contribution in [0.5, 0.6) is 0 Å². The van der Waals surface area contributed by atoms with Gasteiger partial charge in [0.1, 0.15) is 5.54 Å². The van der Waals surface area contributed by atoms with Crippen molar-refractivity contribution < 1.29 is 9.90 Å². The highest BCUT2D eigenvalue weighted by Gasteiger charge is 2.37. The summed E-state index contributed by atoms with van der Waals surface area (Å²) < 4.78 is 0. The lowest BCUT2D eigenvalue weighted by molar-refractivity contribution is -0.126. The molecular weight excluding hydrogens is 240 g/mol. The first-order valence-electron chi connectivity index (χ1n) is 6.80. The number of carbonyl (C=O) groups excluding carboxylic acids is 1. The van der Waals surface area contributed by atoms with Gasteiger partial charge in [0, 0.05) is 18.8 Å². The van der Waals surface area contributed by atoms with Crippen LogP contribution in [0.25, 0.3) is 0 Å². The molecule has 1 aliphatic heterocycles. The molecular formula is C15H22N2O2. The summed E-state index contributed by atoms with van der Waals surface area (Å²) in [5.74, 6) is 0.0522. The molecule has 1 amide bonds. The van der Waals surface area contributed by atoms with Crippen LogP contribution in [0.4, 0.5) is 5.69 Å². The lowest BCUT2D eigenvalue weighted by Gasteiger charge is -2.42. The molecule has 1 aromatic rings. The summed E-state index contributed by atoms with van der Waals surface area (Å²) in [6.07, 6.45) is 0.295. The second kappa shape index (κ2) is 5.21. The van der Waals surface area contributed by atoms with Crippen LogP contribution >= 0.6 is 0 Å². The molecule has 1 heterocycles. The Labute approximate surface area is 114 Å². The average molecular weight is 262 g/mol. The number of aliphatic hydroxyl groups excluding tert-OH is 1. The van der Waals surface area contributed by atoms with Crippen molar-refractivity contribution in [3.05, 3.63) is 29.8 Å². The maximum absolute atomic E-state index is 11.9. The smallest absolute Gasteiger partial charge is 0.245 e. The van der Waals surface area contributed by atoms with Crippen molar-refractivity contribution in [3.63, 3.8) is 0 Å². The molecule has 0 bridgehead atoms. The molecule has 0 spiro atoms. The fraction of sp³-hybridized carbons (Fsp3) is 0.533. The Kier molecular flexibility index (Phi) is 3.80. The predicted octanol–water partition coefficient (Wildman–Crippen LogP) is 1.84. The zero-order chi connectivity index (χ0) is 14.0. The molecule has 0 aliphatic carbocycles. The van der Waals surface area contributed by atoms with Crippen LogP contribution in [0.3, 0.4) is 0 Å². The number of nitrogens with zero attached hydrogens (tertiary/aromatic N) is 1. The van der Waals surface area contributed by atoms with E-state index in [0.29, 0.717) is 13.0 Å². The second-order valence-corrected chi connectivity index (χ2v) is 5.48. The van der Waals surface area contributed by atoms with Crippen molar-refractivity contribution in [2.45, 2.75) is 38.8 Å². The van der Waals surface area contributed by atoms with E-state index >= 15 is 0 Å². The summed E-state index contributed by atoms with van der Waals surface area (Å²) in [6.45, 7) is 7.28. The van der Waals surface area contributed by atoms with Gasteiger partial charge in [0.25, 0.3) is 0 Å². The van der Waals surface area contributed by atoms with E-state index in [9.17, 15) is 9.90 Å². The molecule has 2 rings (SSSR count). The van der Waals surface area contributed by atoms with Crippen molar-refractivity contribution in [2.24, 2.45) is 0 Å². The Bertz CT molecular complexity index is 454. The minimum atomic E-state index is -0.539. The monoisotopic (exact) mass is 262 g/mol. The van der Waals surface area contributed by atoms with E-state index in [1.54, 1.807) is 0 Å². The Balaban J connectivity index is 2.24. The normalized spacial score (nSPS) is 20.0. The fourth-order valence-corrected chi connectivity index (χ4v) is 2.46. The third kappa shape index (κ3) is 2.59. The number of hydrogen-bond acceptors (Lipinski definition) is 3. The molecule has 0 saturated carbocycles. The second-order valence-electron chi connectivity index (χ2n) is 5.48. The zero-order valence-electron chi connectivity index (χ0n) is 11.8. The number of amides is 1. The molecule has 104 valence electrons. The van der Waals surface area contributed by atoms with Gasteiger partial charge in [0.2, 0.25) is 5.91 Å². The molecule has 4 nitrogen and oxygen atoms in total.